The van der Waals surface area contributed by atoms with Gasteiger partial charge >= 0.3 is 20.7 Å². The molecule has 1 atom stereocenters. The van der Waals surface area contributed by atoms with E-state index in [9.17, 15) is 14.7 Å². The van der Waals surface area contributed by atoms with E-state index in [2.05, 4.69) is 0 Å². The molecule has 9 heteroatoms. The monoisotopic (exact) mass is 371 g/mol. The van der Waals surface area contributed by atoms with E-state index in [1.165, 1.54) is 21.3 Å². The van der Waals surface area contributed by atoms with Crippen LogP contribution in [0.25, 0.3) is 0 Å². The number of nitrogens with zero attached hydrogens (tertiary/aromatic N) is 1. The predicted molar refractivity (Wildman–Crippen MR) is 93.7 cm³/mol. The highest BCUT2D eigenvalue weighted by Crippen LogP contribution is 2.22. The van der Waals surface area contributed by atoms with E-state index < -0.39 is 33.2 Å². The molecule has 0 amide bonds. The highest BCUT2D eigenvalue weighted by molar-refractivity contribution is 6.60. The van der Waals surface area contributed by atoms with Crippen LogP contribution in [0.1, 0.15) is 12.8 Å². The van der Waals surface area contributed by atoms with Crippen LogP contribution in [0.15, 0.2) is 30.3 Å². The molecule has 0 heterocycles. The molecule has 8 nitrogen and oxygen atoms in total. The van der Waals surface area contributed by atoms with Crippen LogP contribution in [-0.4, -0.2) is 64.9 Å². The number of anilines is 1. The maximum Gasteiger partial charge on any atom is 0.500 e. The van der Waals surface area contributed by atoms with Crippen molar-refractivity contribution in [1.82, 2.24) is 0 Å². The van der Waals surface area contributed by atoms with E-state index in [0.29, 0.717) is 24.7 Å². The summed E-state index contributed by atoms with van der Waals surface area (Å²) in [6, 6.07) is 8.20. The first-order valence-corrected chi connectivity index (χ1v) is 9.74. The molecule has 0 radical (unpaired) electrons. The molecule has 0 aliphatic heterocycles. The highest BCUT2D eigenvalue weighted by atomic mass is 28.4. The molecule has 0 unspecified atom stereocenters. The largest absolute Gasteiger partial charge is 0.500 e. The summed E-state index contributed by atoms with van der Waals surface area (Å²) in [5, 5.41) is 18.5. The molecule has 0 fully saturated rings. The fourth-order valence-corrected chi connectivity index (χ4v) is 4.31. The van der Waals surface area contributed by atoms with Gasteiger partial charge in [-0.15, -0.1) is 0 Å². The van der Waals surface area contributed by atoms with Gasteiger partial charge in [0, 0.05) is 39.6 Å². The van der Waals surface area contributed by atoms with Crippen LogP contribution < -0.4 is 4.90 Å². The number of rotatable bonds is 12. The normalized spacial score (nSPS) is 12.6. The molecule has 2 N–H and O–H groups in total. The van der Waals surface area contributed by atoms with Crippen molar-refractivity contribution in [2.75, 3.05) is 32.8 Å². The number of benzene rings is 1. The third-order valence-electron chi connectivity index (χ3n) is 3.93. The first-order valence-electron chi connectivity index (χ1n) is 7.81. The van der Waals surface area contributed by atoms with E-state index in [-0.39, 0.29) is 0 Å². The second-order valence-electron chi connectivity index (χ2n) is 5.38. The minimum atomic E-state index is -2.77. The van der Waals surface area contributed by atoms with Gasteiger partial charge in [-0.1, -0.05) is 18.2 Å². The van der Waals surface area contributed by atoms with Crippen LogP contribution in [0.5, 0.6) is 0 Å². The van der Waals surface area contributed by atoms with Gasteiger partial charge in [-0.3, -0.25) is 4.79 Å². The number of hydrogen-bond donors (Lipinski definition) is 2. The maximum absolute atomic E-state index is 11.6. The Morgan fingerprint density at radius 2 is 1.64 bits per heavy atom. The van der Waals surface area contributed by atoms with Crippen molar-refractivity contribution < 1.29 is 33.1 Å². The lowest BCUT2D eigenvalue weighted by Gasteiger charge is -2.31. The summed E-state index contributed by atoms with van der Waals surface area (Å²) in [6.45, 7) is 0.332. The van der Waals surface area contributed by atoms with Gasteiger partial charge in [-0.2, -0.15) is 0 Å². The van der Waals surface area contributed by atoms with Gasteiger partial charge in [-0.05, 0) is 18.6 Å². The second-order valence-corrected chi connectivity index (χ2v) is 8.47. The molecule has 0 aliphatic rings. The number of para-hydroxylation sites is 1. The van der Waals surface area contributed by atoms with Crippen LogP contribution in [0.3, 0.4) is 0 Å². The van der Waals surface area contributed by atoms with E-state index in [4.69, 9.17) is 18.4 Å². The lowest BCUT2D eigenvalue weighted by Crippen LogP contribution is -2.46. The van der Waals surface area contributed by atoms with Crippen LogP contribution in [-0.2, 0) is 22.9 Å². The van der Waals surface area contributed by atoms with Crippen molar-refractivity contribution in [3.8, 4) is 0 Å². The quantitative estimate of drug-likeness (QED) is 0.535. The fourth-order valence-electron chi connectivity index (χ4n) is 2.60. The minimum Gasteiger partial charge on any atom is -0.481 e. The molecule has 140 valence electrons. The van der Waals surface area contributed by atoms with Gasteiger partial charge < -0.3 is 28.4 Å². The molecule has 0 spiro atoms. The van der Waals surface area contributed by atoms with Gasteiger partial charge in [0.15, 0.2) is 0 Å². The molecule has 0 aromatic heterocycles. The summed E-state index contributed by atoms with van der Waals surface area (Å²) in [4.78, 5) is 24.3. The van der Waals surface area contributed by atoms with E-state index in [1.54, 1.807) is 29.2 Å². The average Bonchev–Trinajstić information content (AvgIpc) is 2.61. The molecular formula is C16H25NO7Si. The third kappa shape index (κ3) is 6.13. The van der Waals surface area contributed by atoms with Crippen molar-refractivity contribution in [3.63, 3.8) is 0 Å². The van der Waals surface area contributed by atoms with Crippen molar-refractivity contribution >= 4 is 26.4 Å². The van der Waals surface area contributed by atoms with Gasteiger partial charge in [0.2, 0.25) is 0 Å². The summed E-state index contributed by atoms with van der Waals surface area (Å²) in [6.07, 6.45) is 0.0334. The van der Waals surface area contributed by atoms with Crippen molar-refractivity contribution in [2.45, 2.75) is 24.9 Å². The maximum atomic E-state index is 11.6. The highest BCUT2D eigenvalue weighted by Gasteiger charge is 2.38. The second kappa shape index (κ2) is 10.1. The molecule has 0 saturated carbocycles. The lowest BCUT2D eigenvalue weighted by atomic mass is 10.1. The molecule has 1 aromatic carbocycles. The Hall–Kier alpha value is -1.94. The summed E-state index contributed by atoms with van der Waals surface area (Å²) in [5.41, 5.74) is 0.649. The molecule has 0 saturated heterocycles. The Labute approximate surface area is 148 Å². The number of aliphatic carboxylic acids is 2. The van der Waals surface area contributed by atoms with Gasteiger partial charge in [-0.25, -0.2) is 4.79 Å². The summed E-state index contributed by atoms with van der Waals surface area (Å²) in [7, 11) is 1.77. The Morgan fingerprint density at radius 3 is 2.08 bits per heavy atom. The lowest BCUT2D eigenvalue weighted by molar-refractivity contribution is -0.145. The molecule has 0 aliphatic carbocycles. The molecule has 1 rings (SSSR count). The molecular weight excluding hydrogens is 346 g/mol. The third-order valence-corrected chi connectivity index (χ3v) is 6.76. The summed E-state index contributed by atoms with van der Waals surface area (Å²) in [5.74, 6) is -2.34. The van der Waals surface area contributed by atoms with Crippen LogP contribution in [0.2, 0.25) is 6.04 Å². The molecule has 25 heavy (non-hydrogen) atoms. The Bertz CT molecular complexity index is 542. The zero-order valence-corrected chi connectivity index (χ0v) is 15.7. The molecule has 1 aromatic rings. The standard InChI is InChI=1S/C16H25NO7Si/c1-22-25(23-2,24-3)11-7-10-17(13-8-5-4-6-9-13)14(16(20)21)12-15(18)19/h4-6,8-9,14H,7,10-12H2,1-3H3,(H,18,19)(H,20,21)/t14-/m0/s1. The van der Waals surface area contributed by atoms with E-state index >= 15 is 0 Å². The van der Waals surface area contributed by atoms with Gasteiger partial charge in [0.05, 0.1) is 6.42 Å². The topological polar surface area (TPSA) is 106 Å². The van der Waals surface area contributed by atoms with Crippen molar-refractivity contribution in [2.24, 2.45) is 0 Å². The number of hydrogen-bond acceptors (Lipinski definition) is 6. The Balaban J connectivity index is 2.96. The smallest absolute Gasteiger partial charge is 0.481 e. The SMILES string of the molecule is CO[Si](CCCN(c1ccccc1)[C@@H](CC(=O)O)C(=O)O)(OC)OC. The predicted octanol–water partition coefficient (Wildman–Crippen LogP) is 1.69. The Morgan fingerprint density at radius 1 is 1.08 bits per heavy atom. The first kappa shape index (κ1) is 21.1. The van der Waals surface area contributed by atoms with Crippen LogP contribution >= 0.6 is 0 Å². The number of carboxylic acid groups (broad SMARTS) is 2. The van der Waals surface area contributed by atoms with Gasteiger partial charge in [0.25, 0.3) is 0 Å². The van der Waals surface area contributed by atoms with Crippen molar-refractivity contribution in [3.05, 3.63) is 30.3 Å². The zero-order valence-electron chi connectivity index (χ0n) is 14.7. The fraction of sp³-hybridized carbons (Fsp3) is 0.500. The molecule has 0 bridgehead atoms. The van der Waals surface area contributed by atoms with Crippen LogP contribution in [0, 0.1) is 0 Å². The summed E-state index contributed by atoms with van der Waals surface area (Å²) < 4.78 is 16.1. The number of carboxylic acids is 2. The van der Waals surface area contributed by atoms with Crippen molar-refractivity contribution in [1.29, 1.82) is 0 Å². The average molecular weight is 371 g/mol. The number of carbonyl (C=O) groups is 2. The van der Waals surface area contributed by atoms with E-state index in [0.717, 1.165) is 0 Å². The van der Waals surface area contributed by atoms with E-state index in [1.807, 2.05) is 6.07 Å². The minimum absolute atomic E-state index is 0.332. The summed E-state index contributed by atoms with van der Waals surface area (Å²) >= 11 is 0. The Kier molecular flexibility index (Phi) is 8.56. The first-order chi connectivity index (χ1) is 11.9. The van der Waals surface area contributed by atoms with Gasteiger partial charge in [0.1, 0.15) is 6.04 Å². The zero-order chi connectivity index (χ0) is 18.9. The van der Waals surface area contributed by atoms with Crippen LogP contribution in [0.4, 0.5) is 5.69 Å².